The number of sulfonamides is 1. The molecule has 0 bridgehead atoms. The van der Waals surface area contributed by atoms with Gasteiger partial charge in [-0.2, -0.15) is 0 Å². The Morgan fingerprint density at radius 1 is 1.19 bits per heavy atom. The number of fused-ring (bicyclic) bond motifs is 1. The Bertz CT molecular complexity index is 827. The normalized spacial score (nSPS) is 12.3. The van der Waals surface area contributed by atoms with Crippen molar-refractivity contribution in [3.8, 4) is 0 Å². The smallest absolute Gasteiger partial charge is 0.238 e. The Balaban J connectivity index is 2.39. The van der Waals surface area contributed by atoms with E-state index in [1.807, 2.05) is 0 Å². The molecule has 0 saturated carbocycles. The number of hydrogen-bond donors (Lipinski definition) is 1. The number of methoxy groups -OCH3 is 2. The molecule has 0 amide bonds. The van der Waals surface area contributed by atoms with E-state index in [-0.39, 0.29) is 4.90 Å². The fraction of sp³-hybridized carbons (Fsp3) is 0.611. The molecule has 0 aliphatic rings. The molecule has 1 heterocycles. The molecular formula is C18H30N4O4S. The third kappa shape index (κ3) is 5.98. The molecule has 0 spiro atoms. The van der Waals surface area contributed by atoms with Gasteiger partial charge in [-0.15, -0.1) is 0 Å². The third-order valence-corrected chi connectivity index (χ3v) is 5.36. The summed E-state index contributed by atoms with van der Waals surface area (Å²) >= 11 is 0. The second kappa shape index (κ2) is 10.1. The number of imidazole rings is 1. The fourth-order valence-corrected chi connectivity index (χ4v) is 3.47. The molecule has 1 aromatic heterocycles. The highest BCUT2D eigenvalue weighted by Gasteiger charge is 2.17. The minimum atomic E-state index is -3.75. The second-order valence-corrected chi connectivity index (χ2v) is 8.05. The second-order valence-electron chi connectivity index (χ2n) is 6.49. The fourth-order valence-electron chi connectivity index (χ4n) is 2.93. The van der Waals surface area contributed by atoms with E-state index in [9.17, 15) is 8.42 Å². The molecule has 0 fully saturated rings. The first-order chi connectivity index (χ1) is 12.9. The number of nitrogens with two attached hydrogens (primary N) is 1. The molecule has 0 atom stereocenters. The maximum absolute atomic E-state index is 11.7. The van der Waals surface area contributed by atoms with Gasteiger partial charge in [-0.25, -0.2) is 18.5 Å². The van der Waals surface area contributed by atoms with Gasteiger partial charge in [-0.3, -0.25) is 4.90 Å². The minimum Gasteiger partial charge on any atom is -0.383 e. The topological polar surface area (TPSA) is 99.7 Å². The summed E-state index contributed by atoms with van der Waals surface area (Å²) < 4.78 is 35.9. The van der Waals surface area contributed by atoms with Crippen LogP contribution in [0.3, 0.4) is 0 Å². The van der Waals surface area contributed by atoms with Crippen molar-refractivity contribution in [1.29, 1.82) is 0 Å². The molecule has 8 nitrogen and oxygen atoms in total. The van der Waals surface area contributed by atoms with Crippen LogP contribution in [0.25, 0.3) is 11.0 Å². The van der Waals surface area contributed by atoms with E-state index in [2.05, 4.69) is 16.4 Å². The van der Waals surface area contributed by atoms with E-state index in [0.717, 1.165) is 43.8 Å². The van der Waals surface area contributed by atoms with Gasteiger partial charge in [0.2, 0.25) is 10.0 Å². The van der Waals surface area contributed by atoms with Gasteiger partial charge in [-0.05, 0) is 24.6 Å². The number of aromatic nitrogens is 2. The number of primary sulfonamides is 1. The number of rotatable bonds is 12. The van der Waals surface area contributed by atoms with E-state index in [0.29, 0.717) is 25.3 Å². The van der Waals surface area contributed by atoms with Crippen molar-refractivity contribution in [3.63, 3.8) is 0 Å². The van der Waals surface area contributed by atoms with E-state index in [1.54, 1.807) is 32.4 Å². The van der Waals surface area contributed by atoms with Crippen LogP contribution in [0.15, 0.2) is 23.1 Å². The maximum atomic E-state index is 11.7. The summed E-state index contributed by atoms with van der Waals surface area (Å²) in [6.45, 7) is 6.37. The standard InChI is InChI=1S/C18H30N4O4S/c1-4-5-8-22-17-7-6-15(27(19,23)24)13-16(17)20-18(22)14-21(9-11-25-2)10-12-26-3/h6-7,13H,4-5,8-12,14H2,1-3H3,(H2,19,23,24). The summed E-state index contributed by atoms with van der Waals surface area (Å²) in [6.07, 6.45) is 2.08. The van der Waals surface area contributed by atoms with Gasteiger partial charge in [0.1, 0.15) is 5.82 Å². The zero-order valence-corrected chi connectivity index (χ0v) is 17.2. The Morgan fingerprint density at radius 3 is 2.41 bits per heavy atom. The van der Waals surface area contributed by atoms with Crippen molar-refractivity contribution in [2.75, 3.05) is 40.5 Å². The first-order valence-electron chi connectivity index (χ1n) is 9.13. The molecule has 2 rings (SSSR count). The highest BCUT2D eigenvalue weighted by atomic mass is 32.2. The quantitative estimate of drug-likeness (QED) is 0.583. The van der Waals surface area contributed by atoms with Crippen LogP contribution in [0.2, 0.25) is 0 Å². The summed E-state index contributed by atoms with van der Waals surface area (Å²) in [7, 11) is -0.394. The van der Waals surface area contributed by atoms with Crippen molar-refractivity contribution >= 4 is 21.1 Å². The lowest BCUT2D eigenvalue weighted by molar-refractivity contribution is 0.108. The molecule has 152 valence electrons. The number of benzene rings is 1. The summed E-state index contributed by atoms with van der Waals surface area (Å²) in [6, 6.07) is 4.88. The van der Waals surface area contributed by atoms with E-state index >= 15 is 0 Å². The summed E-state index contributed by atoms with van der Waals surface area (Å²) in [4.78, 5) is 7.02. The maximum Gasteiger partial charge on any atom is 0.238 e. The molecule has 27 heavy (non-hydrogen) atoms. The number of nitrogens with zero attached hydrogens (tertiary/aromatic N) is 3. The van der Waals surface area contributed by atoms with Gasteiger partial charge < -0.3 is 14.0 Å². The lowest BCUT2D eigenvalue weighted by Crippen LogP contribution is -2.31. The Kier molecular flexibility index (Phi) is 8.18. The monoisotopic (exact) mass is 398 g/mol. The van der Waals surface area contributed by atoms with Crippen LogP contribution in [0.5, 0.6) is 0 Å². The van der Waals surface area contributed by atoms with Gasteiger partial charge in [0, 0.05) is 33.9 Å². The third-order valence-electron chi connectivity index (χ3n) is 4.45. The zero-order chi connectivity index (χ0) is 19.9. The van der Waals surface area contributed by atoms with Gasteiger partial charge in [0.15, 0.2) is 0 Å². The Labute approximate surface area is 161 Å². The van der Waals surface area contributed by atoms with Gasteiger partial charge in [0.05, 0.1) is 35.7 Å². The summed E-state index contributed by atoms with van der Waals surface area (Å²) in [5.41, 5.74) is 1.57. The minimum absolute atomic E-state index is 0.0808. The first kappa shape index (κ1) is 21.8. The van der Waals surface area contributed by atoms with Crippen molar-refractivity contribution in [2.45, 2.75) is 37.8 Å². The Morgan fingerprint density at radius 2 is 1.85 bits per heavy atom. The summed E-state index contributed by atoms with van der Waals surface area (Å²) in [5.74, 6) is 0.900. The molecule has 1 aromatic carbocycles. The molecule has 0 saturated heterocycles. The Hall–Kier alpha value is -1.52. The van der Waals surface area contributed by atoms with Crippen LogP contribution in [0, 0.1) is 0 Å². The molecule has 2 aromatic rings. The molecule has 9 heteroatoms. The van der Waals surface area contributed by atoms with Crippen molar-refractivity contribution in [3.05, 3.63) is 24.0 Å². The van der Waals surface area contributed by atoms with Crippen LogP contribution < -0.4 is 5.14 Å². The number of ether oxygens (including phenoxy) is 2. The van der Waals surface area contributed by atoms with Crippen LogP contribution >= 0.6 is 0 Å². The molecular weight excluding hydrogens is 368 g/mol. The predicted molar refractivity (Wildman–Crippen MR) is 105 cm³/mol. The van der Waals surface area contributed by atoms with Crippen LogP contribution in [-0.4, -0.2) is 63.4 Å². The van der Waals surface area contributed by atoms with Gasteiger partial charge >= 0.3 is 0 Å². The van der Waals surface area contributed by atoms with Gasteiger partial charge in [-0.1, -0.05) is 13.3 Å². The highest BCUT2D eigenvalue weighted by molar-refractivity contribution is 7.89. The SMILES string of the molecule is CCCCn1c(CN(CCOC)CCOC)nc2cc(S(N)(=O)=O)ccc21. The van der Waals surface area contributed by atoms with Gasteiger partial charge in [0.25, 0.3) is 0 Å². The number of unbranched alkanes of at least 4 members (excludes halogenated alkanes) is 1. The molecule has 0 aliphatic heterocycles. The zero-order valence-electron chi connectivity index (χ0n) is 16.3. The molecule has 0 unspecified atom stereocenters. The lowest BCUT2D eigenvalue weighted by Gasteiger charge is -2.21. The average Bonchev–Trinajstić information content (AvgIpc) is 2.97. The van der Waals surface area contributed by atoms with Crippen LogP contribution in [0.4, 0.5) is 0 Å². The van der Waals surface area contributed by atoms with Crippen LogP contribution in [-0.2, 0) is 32.6 Å². The summed E-state index contributed by atoms with van der Waals surface area (Å²) in [5, 5.41) is 5.26. The molecule has 0 aliphatic carbocycles. The number of hydrogen-bond acceptors (Lipinski definition) is 6. The van der Waals surface area contributed by atoms with E-state index in [1.165, 1.54) is 0 Å². The van der Waals surface area contributed by atoms with E-state index in [4.69, 9.17) is 19.6 Å². The largest absolute Gasteiger partial charge is 0.383 e. The van der Waals surface area contributed by atoms with Crippen molar-refractivity contribution in [1.82, 2.24) is 14.5 Å². The predicted octanol–water partition coefficient (Wildman–Crippen LogP) is 1.58. The van der Waals surface area contributed by atoms with Crippen molar-refractivity contribution in [2.24, 2.45) is 5.14 Å². The van der Waals surface area contributed by atoms with Crippen molar-refractivity contribution < 1.29 is 17.9 Å². The van der Waals surface area contributed by atoms with E-state index < -0.39 is 10.0 Å². The first-order valence-corrected chi connectivity index (χ1v) is 10.7. The molecule has 0 radical (unpaired) electrons. The average molecular weight is 399 g/mol. The highest BCUT2D eigenvalue weighted by Crippen LogP contribution is 2.21. The molecule has 2 N–H and O–H groups in total. The van der Waals surface area contributed by atoms with Crippen LogP contribution in [0.1, 0.15) is 25.6 Å². The number of aryl methyl sites for hydroxylation is 1. The lowest BCUT2D eigenvalue weighted by atomic mass is 10.3.